The van der Waals surface area contributed by atoms with Crippen molar-refractivity contribution in [2.45, 2.75) is 24.0 Å². The third-order valence-electron chi connectivity index (χ3n) is 0.875. The van der Waals surface area contributed by atoms with Crippen molar-refractivity contribution in [2.75, 3.05) is 0 Å². The highest BCUT2D eigenvalue weighted by molar-refractivity contribution is 9.10. The summed E-state index contributed by atoms with van der Waals surface area (Å²) in [5.74, 6) is 0. The van der Waals surface area contributed by atoms with E-state index in [0.717, 1.165) is 4.60 Å². The SMILES string of the molecule is CC.Cc1ccc(Br)nc1.ClC(Cl)(Cl)Cl. The lowest BCUT2D eigenvalue weighted by Crippen LogP contribution is -1.81. The van der Waals surface area contributed by atoms with E-state index in [9.17, 15) is 0 Å². The third-order valence-corrected chi connectivity index (χ3v) is 1.34. The second-order valence-electron chi connectivity index (χ2n) is 2.09. The molecule has 0 radical (unpaired) electrons. The molecule has 0 aliphatic rings. The van der Waals surface area contributed by atoms with Gasteiger partial charge in [-0.15, -0.1) is 0 Å². The van der Waals surface area contributed by atoms with Gasteiger partial charge >= 0.3 is 0 Å². The smallest absolute Gasteiger partial charge is 0.249 e. The molecule has 1 rings (SSSR count). The van der Waals surface area contributed by atoms with Crippen LogP contribution < -0.4 is 0 Å². The zero-order chi connectivity index (χ0) is 12.5. The fourth-order valence-corrected chi connectivity index (χ4v) is 0.684. The molecule has 0 saturated heterocycles. The maximum Gasteiger partial charge on any atom is 0.266 e. The van der Waals surface area contributed by atoms with Crippen molar-refractivity contribution in [2.24, 2.45) is 0 Å². The first kappa shape index (κ1) is 18.2. The lowest BCUT2D eigenvalue weighted by atomic mass is 10.3. The maximum absolute atomic E-state index is 4.83. The minimum absolute atomic E-state index is 0.892. The van der Waals surface area contributed by atoms with Gasteiger partial charge in [-0.05, 0) is 34.5 Å². The molecule has 0 bridgehead atoms. The standard InChI is InChI=1S/C6H6BrN.C2H6.CCl4/c1-5-2-3-6(7)8-4-5;1-2;2-1(3,4)5/h2-4H,1H3;1-2H3;. The Bertz CT molecular complexity index is 218. The van der Waals surface area contributed by atoms with Gasteiger partial charge in [0.2, 0.25) is 0 Å². The van der Waals surface area contributed by atoms with E-state index in [2.05, 4.69) is 20.9 Å². The fraction of sp³-hybridized carbons (Fsp3) is 0.444. The van der Waals surface area contributed by atoms with Gasteiger partial charge < -0.3 is 0 Å². The van der Waals surface area contributed by atoms with Crippen LogP contribution in [0.25, 0.3) is 0 Å². The van der Waals surface area contributed by atoms with Gasteiger partial charge in [-0.1, -0.05) is 66.3 Å². The van der Waals surface area contributed by atoms with Crippen LogP contribution in [0.4, 0.5) is 0 Å². The highest BCUT2D eigenvalue weighted by Crippen LogP contribution is 2.29. The van der Waals surface area contributed by atoms with Gasteiger partial charge in [0.05, 0.1) is 0 Å². The quantitative estimate of drug-likeness (QED) is 0.427. The van der Waals surface area contributed by atoms with Crippen LogP contribution in [0, 0.1) is 6.92 Å². The lowest BCUT2D eigenvalue weighted by molar-refractivity contribution is 1.23. The summed E-state index contributed by atoms with van der Waals surface area (Å²) in [4.78, 5) is 4.00. The summed E-state index contributed by atoms with van der Waals surface area (Å²) in [5, 5.41) is 0. The average Bonchev–Trinajstić information content (AvgIpc) is 2.11. The summed E-state index contributed by atoms with van der Waals surface area (Å²) in [7, 11) is 0. The number of nitrogens with zero attached hydrogens (tertiary/aromatic N) is 1. The molecule has 0 N–H and O–H groups in total. The van der Waals surface area contributed by atoms with E-state index in [1.54, 1.807) is 0 Å². The molecule has 0 amide bonds. The van der Waals surface area contributed by atoms with E-state index in [-0.39, 0.29) is 0 Å². The first-order valence-electron chi connectivity index (χ1n) is 4.13. The van der Waals surface area contributed by atoms with Crippen LogP contribution in [0.15, 0.2) is 22.9 Å². The summed E-state index contributed by atoms with van der Waals surface area (Å²) >= 11 is 22.5. The van der Waals surface area contributed by atoms with Crippen molar-refractivity contribution >= 4 is 62.3 Å². The Morgan fingerprint density at radius 2 is 1.53 bits per heavy atom. The maximum atomic E-state index is 4.83. The number of hydrogen-bond donors (Lipinski definition) is 0. The van der Waals surface area contributed by atoms with E-state index < -0.39 is 3.25 Å². The number of pyridine rings is 1. The topological polar surface area (TPSA) is 12.9 Å². The zero-order valence-corrected chi connectivity index (χ0v) is 13.2. The minimum Gasteiger partial charge on any atom is -0.249 e. The fourth-order valence-electron chi connectivity index (χ4n) is 0.450. The summed E-state index contributed by atoms with van der Waals surface area (Å²) in [6.45, 7) is 6.01. The lowest BCUT2D eigenvalue weighted by Gasteiger charge is -1.91. The Labute approximate surface area is 119 Å². The average molecular weight is 356 g/mol. The third kappa shape index (κ3) is 20.8. The van der Waals surface area contributed by atoms with Crippen LogP contribution in [0.1, 0.15) is 19.4 Å². The summed E-state index contributed by atoms with van der Waals surface area (Å²) in [5.41, 5.74) is 1.19. The van der Waals surface area contributed by atoms with E-state index in [0.29, 0.717) is 0 Å². The zero-order valence-electron chi connectivity index (χ0n) is 8.57. The second kappa shape index (κ2) is 9.98. The molecule has 1 aromatic rings. The van der Waals surface area contributed by atoms with Gasteiger partial charge in [-0.3, -0.25) is 0 Å². The second-order valence-corrected chi connectivity index (χ2v) is 6.33. The van der Waals surface area contributed by atoms with Crippen molar-refractivity contribution in [1.82, 2.24) is 4.98 Å². The van der Waals surface area contributed by atoms with Gasteiger partial charge in [0.15, 0.2) is 0 Å². The number of rotatable bonds is 0. The van der Waals surface area contributed by atoms with Crippen LogP contribution in [-0.4, -0.2) is 8.24 Å². The molecule has 1 heterocycles. The summed E-state index contributed by atoms with van der Waals surface area (Å²) < 4.78 is -0.719. The van der Waals surface area contributed by atoms with Crippen LogP contribution in [-0.2, 0) is 0 Å². The molecule has 88 valence electrons. The predicted molar refractivity (Wildman–Crippen MR) is 74.2 cm³/mol. The van der Waals surface area contributed by atoms with E-state index in [4.69, 9.17) is 46.4 Å². The van der Waals surface area contributed by atoms with Crippen LogP contribution in [0.2, 0.25) is 0 Å². The number of halogens is 5. The molecule has 6 heteroatoms. The summed E-state index contributed by atoms with van der Waals surface area (Å²) in [6.07, 6.45) is 1.82. The van der Waals surface area contributed by atoms with Crippen LogP contribution in [0.5, 0.6) is 0 Å². The Balaban J connectivity index is 0. The Morgan fingerprint density at radius 3 is 1.73 bits per heavy atom. The molecule has 1 nitrogen and oxygen atoms in total. The van der Waals surface area contributed by atoms with Crippen molar-refractivity contribution in [3.8, 4) is 0 Å². The number of aryl methyl sites for hydroxylation is 1. The number of alkyl halides is 4. The molecule has 0 fully saturated rings. The van der Waals surface area contributed by atoms with Crippen molar-refractivity contribution in [3.05, 3.63) is 28.5 Å². The van der Waals surface area contributed by atoms with Crippen molar-refractivity contribution in [3.63, 3.8) is 0 Å². The van der Waals surface area contributed by atoms with Crippen LogP contribution in [0.3, 0.4) is 0 Å². The first-order valence-corrected chi connectivity index (χ1v) is 6.43. The van der Waals surface area contributed by atoms with Gasteiger partial charge in [-0.25, -0.2) is 4.98 Å². The molecular weight excluding hydrogens is 344 g/mol. The van der Waals surface area contributed by atoms with Gasteiger partial charge in [0.25, 0.3) is 3.25 Å². The Morgan fingerprint density at radius 1 is 1.13 bits per heavy atom. The van der Waals surface area contributed by atoms with Gasteiger partial charge in [0.1, 0.15) is 4.60 Å². The predicted octanol–water partition coefficient (Wildman–Crippen LogP) is 5.73. The molecule has 0 aliphatic carbocycles. The molecular formula is C9H12BrCl4N. The molecule has 1 aromatic heterocycles. The Kier molecular flexibility index (Phi) is 12.1. The Hall–Kier alpha value is 0.790. The van der Waals surface area contributed by atoms with Crippen molar-refractivity contribution < 1.29 is 0 Å². The monoisotopic (exact) mass is 353 g/mol. The molecule has 0 spiro atoms. The van der Waals surface area contributed by atoms with Crippen LogP contribution >= 0.6 is 62.3 Å². The molecule has 0 unspecified atom stereocenters. The van der Waals surface area contributed by atoms with Gasteiger partial charge in [-0.2, -0.15) is 0 Å². The number of aromatic nitrogens is 1. The minimum atomic E-state index is -1.61. The van der Waals surface area contributed by atoms with E-state index in [1.165, 1.54) is 5.56 Å². The highest BCUT2D eigenvalue weighted by Gasteiger charge is 2.11. The molecule has 0 aromatic carbocycles. The van der Waals surface area contributed by atoms with Gasteiger partial charge in [0, 0.05) is 6.20 Å². The van der Waals surface area contributed by atoms with E-state index in [1.807, 2.05) is 39.1 Å². The highest BCUT2D eigenvalue weighted by atomic mass is 79.9. The molecule has 15 heavy (non-hydrogen) atoms. The first-order chi connectivity index (χ1) is 6.79. The van der Waals surface area contributed by atoms with E-state index >= 15 is 0 Å². The normalized spacial score (nSPS) is 9.33. The van der Waals surface area contributed by atoms with Crippen molar-refractivity contribution in [1.29, 1.82) is 0 Å². The molecule has 0 atom stereocenters. The molecule has 0 saturated carbocycles. The number of hydrogen-bond acceptors (Lipinski definition) is 1. The summed E-state index contributed by atoms with van der Waals surface area (Å²) in [6, 6.07) is 3.94. The molecule has 0 aliphatic heterocycles. The largest absolute Gasteiger partial charge is 0.266 e.